The fourth-order valence-corrected chi connectivity index (χ4v) is 3.09. The fraction of sp³-hybridized carbons (Fsp3) is 0.316. The minimum Gasteiger partial charge on any atom is -0.330 e. The van der Waals surface area contributed by atoms with Gasteiger partial charge in [0.1, 0.15) is 0 Å². The molecule has 2 heterocycles. The van der Waals surface area contributed by atoms with Gasteiger partial charge in [0, 0.05) is 5.69 Å². The number of hydrogen-bond donors (Lipinski definition) is 0. The van der Waals surface area contributed by atoms with Gasteiger partial charge >= 0.3 is 5.97 Å². The first-order valence-corrected chi connectivity index (χ1v) is 8.52. The van der Waals surface area contributed by atoms with Gasteiger partial charge in [-0.3, -0.25) is 14.3 Å². The molecule has 0 saturated heterocycles. The molecule has 8 nitrogen and oxygen atoms in total. The van der Waals surface area contributed by atoms with Gasteiger partial charge in [0.25, 0.3) is 11.8 Å². The third-order valence-corrected chi connectivity index (χ3v) is 4.50. The molecule has 0 radical (unpaired) electrons. The molecule has 138 valence electrons. The summed E-state index contributed by atoms with van der Waals surface area (Å²) in [6.07, 6.45) is 0.717. The van der Waals surface area contributed by atoms with Crippen LogP contribution in [0.1, 0.15) is 50.5 Å². The summed E-state index contributed by atoms with van der Waals surface area (Å²) >= 11 is 0. The van der Waals surface area contributed by atoms with Crippen LogP contribution in [0.25, 0.3) is 0 Å². The third kappa shape index (κ3) is 3.44. The zero-order valence-electron chi connectivity index (χ0n) is 15.1. The Morgan fingerprint density at radius 2 is 1.81 bits per heavy atom. The van der Waals surface area contributed by atoms with Crippen LogP contribution in [0.2, 0.25) is 0 Å². The highest BCUT2D eigenvalue weighted by Gasteiger charge is 2.38. The van der Waals surface area contributed by atoms with Crippen molar-refractivity contribution < 1.29 is 19.2 Å². The molecule has 0 bridgehead atoms. The van der Waals surface area contributed by atoms with Gasteiger partial charge in [0.05, 0.1) is 42.3 Å². The highest BCUT2D eigenvalue weighted by Crippen LogP contribution is 2.23. The maximum Gasteiger partial charge on any atom is 0.333 e. The average molecular weight is 366 g/mol. The lowest BCUT2D eigenvalue weighted by Gasteiger charge is -2.12. The summed E-state index contributed by atoms with van der Waals surface area (Å²) in [6, 6.07) is 8.40. The van der Waals surface area contributed by atoms with E-state index in [-0.39, 0.29) is 17.5 Å². The summed E-state index contributed by atoms with van der Waals surface area (Å²) in [7, 11) is 0. The van der Waals surface area contributed by atoms with Crippen molar-refractivity contribution in [3.63, 3.8) is 0 Å². The molecule has 0 spiro atoms. The molecule has 0 aliphatic carbocycles. The SMILES string of the molecule is Cc1nn(CCC#N)c(C)c1CCC(=O)ON1C(=O)c2ccccc2C1=O. The molecule has 8 heteroatoms. The van der Waals surface area contributed by atoms with Crippen LogP contribution >= 0.6 is 0 Å². The number of hydroxylamine groups is 2. The molecule has 1 aliphatic heterocycles. The second-order valence-electron chi connectivity index (χ2n) is 6.19. The summed E-state index contributed by atoms with van der Waals surface area (Å²) in [5, 5.41) is 13.6. The fourth-order valence-electron chi connectivity index (χ4n) is 3.09. The molecular formula is C19H18N4O4. The number of fused-ring (bicyclic) bond motifs is 1. The van der Waals surface area contributed by atoms with Crippen molar-refractivity contribution in [1.29, 1.82) is 5.26 Å². The number of rotatable bonds is 6. The summed E-state index contributed by atoms with van der Waals surface area (Å²) in [5.74, 6) is -1.95. The van der Waals surface area contributed by atoms with Crippen molar-refractivity contribution in [3.8, 4) is 6.07 Å². The van der Waals surface area contributed by atoms with Crippen molar-refractivity contribution in [2.75, 3.05) is 0 Å². The number of nitriles is 1. The minimum atomic E-state index is -0.673. The Hall–Kier alpha value is -3.47. The van der Waals surface area contributed by atoms with Gasteiger partial charge in [-0.1, -0.05) is 17.2 Å². The first-order valence-electron chi connectivity index (χ1n) is 8.52. The van der Waals surface area contributed by atoms with Gasteiger partial charge in [-0.2, -0.15) is 10.4 Å². The first kappa shape index (κ1) is 18.3. The van der Waals surface area contributed by atoms with Crippen LogP contribution in [0, 0.1) is 25.2 Å². The second-order valence-corrected chi connectivity index (χ2v) is 6.19. The monoisotopic (exact) mass is 366 g/mol. The number of imide groups is 1. The van der Waals surface area contributed by atoms with Gasteiger partial charge < -0.3 is 4.84 Å². The number of amides is 2. The maximum atomic E-state index is 12.2. The van der Waals surface area contributed by atoms with Crippen LogP contribution in [0.15, 0.2) is 24.3 Å². The predicted octanol–water partition coefficient (Wildman–Crippen LogP) is 2.10. The second kappa shape index (κ2) is 7.41. The lowest BCUT2D eigenvalue weighted by atomic mass is 10.1. The standard InChI is InChI=1S/C19H18N4O4/c1-12-14(13(2)22(21-12)11-5-10-20)8-9-17(24)27-23-18(25)15-6-3-4-7-16(15)19(23)26/h3-4,6-7H,5,8-9,11H2,1-2H3. The zero-order chi connectivity index (χ0) is 19.6. The molecule has 1 aromatic carbocycles. The molecule has 2 aromatic rings. The number of aryl methyl sites for hydroxylation is 2. The van der Waals surface area contributed by atoms with E-state index in [9.17, 15) is 14.4 Å². The van der Waals surface area contributed by atoms with Crippen LogP contribution in [0.5, 0.6) is 0 Å². The minimum absolute atomic E-state index is 0.000964. The highest BCUT2D eigenvalue weighted by atomic mass is 16.7. The van der Waals surface area contributed by atoms with Gasteiger partial charge in [-0.15, -0.1) is 0 Å². The molecular weight excluding hydrogens is 348 g/mol. The van der Waals surface area contributed by atoms with E-state index in [1.165, 1.54) is 12.1 Å². The maximum absolute atomic E-state index is 12.2. The Morgan fingerprint density at radius 1 is 1.19 bits per heavy atom. The molecule has 2 amide bonds. The Labute approximate surface area is 155 Å². The number of hydrogen-bond acceptors (Lipinski definition) is 6. The lowest BCUT2D eigenvalue weighted by Crippen LogP contribution is -2.32. The van der Waals surface area contributed by atoms with Gasteiger partial charge in [-0.25, -0.2) is 4.79 Å². The Bertz CT molecular complexity index is 936. The predicted molar refractivity (Wildman–Crippen MR) is 93.3 cm³/mol. The van der Waals surface area contributed by atoms with E-state index in [2.05, 4.69) is 11.2 Å². The number of nitrogens with zero attached hydrogens (tertiary/aromatic N) is 4. The Kier molecular flexibility index (Phi) is 5.03. The molecule has 1 aliphatic rings. The van der Waals surface area contributed by atoms with Crippen LogP contribution in [0.3, 0.4) is 0 Å². The summed E-state index contributed by atoms with van der Waals surface area (Å²) in [5.41, 5.74) is 3.00. The smallest absolute Gasteiger partial charge is 0.330 e. The van der Waals surface area contributed by atoms with E-state index >= 15 is 0 Å². The third-order valence-electron chi connectivity index (χ3n) is 4.50. The summed E-state index contributed by atoms with van der Waals surface area (Å²) in [6.45, 7) is 4.20. The average Bonchev–Trinajstić information content (AvgIpc) is 3.06. The van der Waals surface area contributed by atoms with E-state index in [1.807, 2.05) is 13.8 Å². The number of benzene rings is 1. The number of aromatic nitrogens is 2. The molecule has 3 rings (SSSR count). The largest absolute Gasteiger partial charge is 0.333 e. The highest BCUT2D eigenvalue weighted by molar-refractivity contribution is 6.20. The number of carbonyl (C=O) groups excluding carboxylic acids is 3. The quantitative estimate of drug-likeness (QED) is 0.725. The van der Waals surface area contributed by atoms with Gasteiger partial charge in [0.15, 0.2) is 0 Å². The number of carbonyl (C=O) groups is 3. The normalized spacial score (nSPS) is 12.9. The van der Waals surface area contributed by atoms with Crippen molar-refractivity contribution in [2.24, 2.45) is 0 Å². The molecule has 0 fully saturated rings. The molecule has 0 saturated carbocycles. The van der Waals surface area contributed by atoms with E-state index < -0.39 is 17.8 Å². The van der Waals surface area contributed by atoms with E-state index in [0.717, 1.165) is 17.0 Å². The summed E-state index contributed by atoms with van der Waals surface area (Å²) in [4.78, 5) is 41.6. The van der Waals surface area contributed by atoms with Crippen molar-refractivity contribution in [1.82, 2.24) is 14.8 Å². The van der Waals surface area contributed by atoms with Gasteiger partial charge in [0.2, 0.25) is 0 Å². The van der Waals surface area contributed by atoms with Crippen molar-refractivity contribution in [3.05, 3.63) is 52.3 Å². The lowest BCUT2D eigenvalue weighted by molar-refractivity contribution is -0.168. The Balaban J connectivity index is 1.63. The van der Waals surface area contributed by atoms with Crippen LogP contribution in [-0.4, -0.2) is 32.6 Å². The zero-order valence-corrected chi connectivity index (χ0v) is 15.1. The van der Waals surface area contributed by atoms with E-state index in [0.29, 0.717) is 24.4 Å². The van der Waals surface area contributed by atoms with E-state index in [1.54, 1.807) is 16.8 Å². The molecule has 0 unspecified atom stereocenters. The molecule has 0 N–H and O–H groups in total. The molecule has 1 aromatic heterocycles. The first-order chi connectivity index (χ1) is 12.9. The Morgan fingerprint density at radius 3 is 2.41 bits per heavy atom. The van der Waals surface area contributed by atoms with Crippen molar-refractivity contribution in [2.45, 2.75) is 39.7 Å². The molecule has 0 atom stereocenters. The van der Waals surface area contributed by atoms with E-state index in [4.69, 9.17) is 10.1 Å². The topological polar surface area (TPSA) is 105 Å². The molecule has 27 heavy (non-hydrogen) atoms. The van der Waals surface area contributed by atoms with Crippen LogP contribution < -0.4 is 0 Å². The summed E-state index contributed by atoms with van der Waals surface area (Å²) < 4.78 is 1.74. The van der Waals surface area contributed by atoms with Crippen LogP contribution in [0.4, 0.5) is 0 Å². The van der Waals surface area contributed by atoms with Gasteiger partial charge in [-0.05, 0) is 38.0 Å². The van der Waals surface area contributed by atoms with Crippen molar-refractivity contribution >= 4 is 17.8 Å². The van der Waals surface area contributed by atoms with Crippen LogP contribution in [-0.2, 0) is 22.6 Å².